The van der Waals surface area contributed by atoms with Crippen molar-refractivity contribution in [3.63, 3.8) is 0 Å². The monoisotopic (exact) mass is 293 g/mol. The highest BCUT2D eigenvalue weighted by Crippen LogP contribution is 2.20. The summed E-state index contributed by atoms with van der Waals surface area (Å²) in [5.74, 6) is 0.00530. The van der Waals surface area contributed by atoms with Gasteiger partial charge in [0, 0.05) is 24.5 Å². The largest absolute Gasteiger partial charge is 0.369 e. The van der Waals surface area contributed by atoms with E-state index >= 15 is 0 Å². The molecule has 1 heterocycles. The SMILES string of the molecule is N#CCC(=O)Nc1ccc(N2CCS(=O)(=O)CC2)cc1. The van der Waals surface area contributed by atoms with Crippen LogP contribution >= 0.6 is 0 Å². The molecule has 0 bridgehead atoms. The molecule has 0 atom stereocenters. The first-order valence-electron chi connectivity index (χ1n) is 6.22. The molecule has 2 rings (SSSR count). The third-order valence-electron chi connectivity index (χ3n) is 3.10. The maximum atomic E-state index is 11.4. The number of nitrogens with one attached hydrogen (secondary N) is 1. The summed E-state index contributed by atoms with van der Waals surface area (Å²) in [7, 11) is -2.88. The van der Waals surface area contributed by atoms with E-state index in [0.29, 0.717) is 18.8 Å². The molecule has 1 N–H and O–H groups in total. The van der Waals surface area contributed by atoms with Crippen LogP contribution in [0, 0.1) is 11.3 Å². The summed E-state index contributed by atoms with van der Waals surface area (Å²) in [5, 5.41) is 11.0. The Kier molecular flexibility index (Phi) is 4.25. The van der Waals surface area contributed by atoms with Crippen molar-refractivity contribution in [1.29, 1.82) is 5.26 Å². The van der Waals surface area contributed by atoms with E-state index in [9.17, 15) is 13.2 Å². The van der Waals surface area contributed by atoms with Gasteiger partial charge in [-0.3, -0.25) is 4.79 Å². The van der Waals surface area contributed by atoms with Gasteiger partial charge in [-0.2, -0.15) is 5.26 Å². The molecule has 106 valence electrons. The number of rotatable bonds is 3. The lowest BCUT2D eigenvalue weighted by molar-refractivity contribution is -0.115. The highest BCUT2D eigenvalue weighted by molar-refractivity contribution is 7.91. The zero-order valence-corrected chi connectivity index (χ0v) is 11.7. The zero-order chi connectivity index (χ0) is 14.6. The van der Waals surface area contributed by atoms with Gasteiger partial charge in [-0.15, -0.1) is 0 Å². The molecule has 0 unspecified atom stereocenters. The summed E-state index contributed by atoms with van der Waals surface area (Å²) in [5.41, 5.74) is 1.55. The molecule has 1 fully saturated rings. The number of carbonyl (C=O) groups is 1. The van der Waals surface area contributed by atoms with E-state index in [1.165, 1.54) is 0 Å². The van der Waals surface area contributed by atoms with Crippen LogP contribution in [0.2, 0.25) is 0 Å². The van der Waals surface area contributed by atoms with Gasteiger partial charge in [0.2, 0.25) is 5.91 Å². The van der Waals surface area contributed by atoms with Crippen molar-refractivity contribution in [2.24, 2.45) is 0 Å². The van der Waals surface area contributed by atoms with Gasteiger partial charge >= 0.3 is 0 Å². The lowest BCUT2D eigenvalue weighted by atomic mass is 10.2. The maximum Gasteiger partial charge on any atom is 0.238 e. The topological polar surface area (TPSA) is 90.3 Å². The Morgan fingerprint density at radius 2 is 1.85 bits per heavy atom. The van der Waals surface area contributed by atoms with Crippen LogP contribution in [0.5, 0.6) is 0 Å². The normalized spacial score (nSPS) is 17.2. The minimum Gasteiger partial charge on any atom is -0.369 e. The Balaban J connectivity index is 1.99. The van der Waals surface area contributed by atoms with Gasteiger partial charge < -0.3 is 10.2 Å². The number of sulfone groups is 1. The predicted molar refractivity (Wildman–Crippen MR) is 76.2 cm³/mol. The van der Waals surface area contributed by atoms with E-state index in [1.54, 1.807) is 18.2 Å². The fraction of sp³-hybridized carbons (Fsp3) is 0.385. The van der Waals surface area contributed by atoms with Crippen molar-refractivity contribution in [1.82, 2.24) is 0 Å². The van der Waals surface area contributed by atoms with E-state index in [2.05, 4.69) is 5.32 Å². The third-order valence-corrected chi connectivity index (χ3v) is 4.71. The number of nitriles is 1. The van der Waals surface area contributed by atoms with Crippen molar-refractivity contribution in [2.75, 3.05) is 34.8 Å². The number of hydrogen-bond acceptors (Lipinski definition) is 5. The van der Waals surface area contributed by atoms with Crippen molar-refractivity contribution >= 4 is 27.1 Å². The molecule has 0 spiro atoms. The van der Waals surface area contributed by atoms with Crippen LogP contribution in [0.25, 0.3) is 0 Å². The fourth-order valence-corrected chi connectivity index (χ4v) is 3.20. The Morgan fingerprint density at radius 1 is 1.25 bits per heavy atom. The van der Waals surface area contributed by atoms with Crippen LogP contribution in [-0.2, 0) is 14.6 Å². The van der Waals surface area contributed by atoms with Gasteiger partial charge in [0.1, 0.15) is 6.42 Å². The van der Waals surface area contributed by atoms with E-state index in [4.69, 9.17) is 5.26 Å². The molecule has 1 aliphatic rings. The molecule has 1 saturated heterocycles. The fourth-order valence-electron chi connectivity index (χ4n) is 2.00. The third kappa shape index (κ3) is 3.71. The Bertz CT molecular complexity index is 618. The van der Waals surface area contributed by atoms with Crippen LogP contribution in [0.4, 0.5) is 11.4 Å². The molecule has 0 radical (unpaired) electrons. The minimum atomic E-state index is -2.88. The Hall–Kier alpha value is -2.07. The van der Waals surface area contributed by atoms with Crippen LogP contribution in [-0.4, -0.2) is 38.9 Å². The second-order valence-electron chi connectivity index (χ2n) is 4.57. The van der Waals surface area contributed by atoms with E-state index in [1.807, 2.05) is 17.0 Å². The standard InChI is InChI=1S/C13H15N3O3S/c14-6-5-13(17)15-11-1-3-12(4-2-11)16-7-9-20(18,19)10-8-16/h1-4H,5,7-10H2,(H,15,17). The molecule has 1 aromatic rings. The molecular weight excluding hydrogens is 278 g/mol. The van der Waals surface area contributed by atoms with Gasteiger partial charge in [-0.25, -0.2) is 8.42 Å². The molecule has 6 nitrogen and oxygen atoms in total. The molecule has 20 heavy (non-hydrogen) atoms. The summed E-state index contributed by atoms with van der Waals surface area (Å²) < 4.78 is 22.7. The van der Waals surface area contributed by atoms with Crippen molar-refractivity contribution in [3.8, 4) is 6.07 Å². The number of carbonyl (C=O) groups excluding carboxylic acids is 1. The predicted octanol–water partition coefficient (Wildman–Crippen LogP) is 0.774. The Labute approximate surface area is 117 Å². The van der Waals surface area contributed by atoms with Gasteiger partial charge in [-0.1, -0.05) is 0 Å². The van der Waals surface area contributed by atoms with Crippen molar-refractivity contribution in [2.45, 2.75) is 6.42 Å². The summed E-state index contributed by atoms with van der Waals surface area (Å²) in [6, 6.07) is 8.94. The molecule has 0 aromatic heterocycles. The summed E-state index contributed by atoms with van der Waals surface area (Å²) in [4.78, 5) is 13.3. The molecule has 0 saturated carbocycles. The van der Waals surface area contributed by atoms with E-state index in [-0.39, 0.29) is 23.8 Å². The van der Waals surface area contributed by atoms with Crippen LogP contribution < -0.4 is 10.2 Å². The van der Waals surface area contributed by atoms with Gasteiger partial charge in [0.05, 0.1) is 17.6 Å². The summed E-state index contributed by atoms with van der Waals surface area (Å²) in [6.45, 7) is 0.977. The molecular formula is C13H15N3O3S. The van der Waals surface area contributed by atoms with Gasteiger partial charge in [0.15, 0.2) is 9.84 Å². The number of amides is 1. The molecule has 7 heteroatoms. The number of benzene rings is 1. The van der Waals surface area contributed by atoms with Crippen LogP contribution in [0.15, 0.2) is 24.3 Å². The average Bonchev–Trinajstić information content (AvgIpc) is 2.40. The van der Waals surface area contributed by atoms with Gasteiger partial charge in [-0.05, 0) is 24.3 Å². The molecule has 1 aliphatic heterocycles. The maximum absolute atomic E-state index is 11.4. The summed E-state index contributed by atoms with van der Waals surface area (Å²) >= 11 is 0. The van der Waals surface area contributed by atoms with E-state index < -0.39 is 9.84 Å². The summed E-state index contributed by atoms with van der Waals surface area (Å²) in [6.07, 6.45) is -0.175. The first-order valence-corrected chi connectivity index (χ1v) is 8.04. The van der Waals surface area contributed by atoms with Crippen LogP contribution in [0.1, 0.15) is 6.42 Å². The number of hydrogen-bond donors (Lipinski definition) is 1. The smallest absolute Gasteiger partial charge is 0.238 e. The second-order valence-corrected chi connectivity index (χ2v) is 6.87. The minimum absolute atomic E-state index is 0.174. The van der Waals surface area contributed by atoms with Crippen LogP contribution in [0.3, 0.4) is 0 Å². The van der Waals surface area contributed by atoms with E-state index in [0.717, 1.165) is 5.69 Å². The second kappa shape index (κ2) is 5.92. The lowest BCUT2D eigenvalue weighted by Gasteiger charge is -2.28. The highest BCUT2D eigenvalue weighted by Gasteiger charge is 2.21. The zero-order valence-electron chi connectivity index (χ0n) is 10.9. The van der Waals surface area contributed by atoms with Gasteiger partial charge in [0.25, 0.3) is 0 Å². The first kappa shape index (κ1) is 14.3. The molecule has 0 aliphatic carbocycles. The first-order chi connectivity index (χ1) is 9.50. The lowest BCUT2D eigenvalue weighted by Crippen LogP contribution is -2.40. The Morgan fingerprint density at radius 3 is 2.40 bits per heavy atom. The average molecular weight is 293 g/mol. The van der Waals surface area contributed by atoms with Crippen molar-refractivity contribution in [3.05, 3.63) is 24.3 Å². The van der Waals surface area contributed by atoms with Crippen molar-refractivity contribution < 1.29 is 13.2 Å². The molecule has 1 aromatic carbocycles. The number of anilines is 2. The highest BCUT2D eigenvalue weighted by atomic mass is 32.2. The quantitative estimate of drug-likeness (QED) is 0.889. The number of nitrogens with zero attached hydrogens (tertiary/aromatic N) is 2. The molecule has 1 amide bonds.